The first kappa shape index (κ1) is 10.3. The normalized spacial score (nSPS) is 13.4. The summed E-state index contributed by atoms with van der Waals surface area (Å²) in [6.07, 6.45) is -2.44. The smallest absolute Gasteiger partial charge is 0.272 e. The first-order valence-corrected chi connectivity index (χ1v) is 3.25. The number of halogens is 3. The zero-order valence-electron chi connectivity index (χ0n) is 6.48. The lowest BCUT2D eigenvalue weighted by molar-refractivity contribution is -0.888. The third-order valence-corrected chi connectivity index (χ3v) is 1.03. The van der Waals surface area contributed by atoms with E-state index in [2.05, 4.69) is 4.84 Å². The minimum absolute atomic E-state index is 0.101. The van der Waals surface area contributed by atoms with Crippen LogP contribution in [0.3, 0.4) is 0 Å². The monoisotopic (exact) mass is 170 g/mol. The van der Waals surface area contributed by atoms with Crippen LogP contribution in [0.5, 0.6) is 0 Å². The Hall–Kier alpha value is -0.740. The molecule has 0 rings (SSSR count). The van der Waals surface area contributed by atoms with E-state index in [1.165, 1.54) is 0 Å². The molecule has 0 aromatic heterocycles. The van der Waals surface area contributed by atoms with Gasteiger partial charge >= 0.3 is 6.30 Å². The molecular weight excluding hydrogens is 159 g/mol. The maximum atomic E-state index is 11.8. The third kappa shape index (κ3) is 3.85. The van der Waals surface area contributed by atoms with E-state index >= 15 is 0 Å². The molecule has 0 spiro atoms. The van der Waals surface area contributed by atoms with Crippen LogP contribution in [0.1, 0.15) is 19.8 Å². The van der Waals surface area contributed by atoms with Crippen molar-refractivity contribution in [2.75, 3.05) is 7.11 Å². The predicted octanol–water partition coefficient (Wildman–Crippen LogP) is 1.95. The molecule has 0 aliphatic rings. The van der Waals surface area contributed by atoms with Crippen molar-refractivity contribution < 1.29 is 22.7 Å². The molecule has 0 fully saturated rings. The highest BCUT2D eigenvalue weighted by Gasteiger charge is 2.46. The van der Waals surface area contributed by atoms with Crippen LogP contribution in [0.15, 0.2) is 0 Å². The number of hydrogen-bond acceptors (Lipinski definition) is 1. The zero-order chi connectivity index (χ0) is 8.91. The molecule has 0 heterocycles. The van der Waals surface area contributed by atoms with Crippen LogP contribution in [-0.2, 0) is 4.84 Å². The molecule has 2 nitrogen and oxygen atoms in total. The molecule has 0 radical (unpaired) electrons. The van der Waals surface area contributed by atoms with Gasteiger partial charge in [-0.05, 0) is 6.42 Å². The lowest BCUT2D eigenvalue weighted by atomic mass is 10.4. The summed E-state index contributed by atoms with van der Waals surface area (Å²) in [5.41, 5.74) is 0. The van der Waals surface area contributed by atoms with Crippen LogP contribution in [-0.4, -0.2) is 24.4 Å². The Bertz CT molecular complexity index is 141. The molecule has 11 heavy (non-hydrogen) atoms. The molecule has 0 unspecified atom stereocenters. The molecule has 0 atom stereocenters. The third-order valence-electron chi connectivity index (χ3n) is 1.03. The number of hydrogen-bond donors (Lipinski definition) is 0. The molecule has 0 amide bonds. The second-order valence-corrected chi connectivity index (χ2v) is 1.95. The minimum atomic E-state index is -4.43. The number of nitrogens with zero attached hydrogens (tertiary/aromatic N) is 1. The van der Waals surface area contributed by atoms with E-state index in [0.717, 1.165) is 13.3 Å². The number of hydroxylamine groups is 1. The SMILES string of the molecule is CCCC=[N+](OC)C(F)(F)F. The molecule has 66 valence electrons. The molecule has 0 aromatic rings. The topological polar surface area (TPSA) is 12.2 Å². The average Bonchev–Trinajstić information content (AvgIpc) is 1.87. The lowest BCUT2D eigenvalue weighted by Crippen LogP contribution is -2.28. The van der Waals surface area contributed by atoms with Crippen molar-refractivity contribution in [3.63, 3.8) is 0 Å². The van der Waals surface area contributed by atoms with Gasteiger partial charge in [0.1, 0.15) is 7.11 Å². The summed E-state index contributed by atoms with van der Waals surface area (Å²) in [5, 5.41) is 0. The number of unbranched alkanes of at least 4 members (excludes halogenated alkanes) is 1. The van der Waals surface area contributed by atoms with Crippen LogP contribution < -0.4 is 0 Å². The summed E-state index contributed by atoms with van der Waals surface area (Å²) in [5.74, 6) is 0. The molecule has 0 aliphatic carbocycles. The van der Waals surface area contributed by atoms with E-state index in [9.17, 15) is 13.2 Å². The van der Waals surface area contributed by atoms with Crippen LogP contribution in [0.4, 0.5) is 13.2 Å². The van der Waals surface area contributed by atoms with Gasteiger partial charge in [-0.3, -0.25) is 4.84 Å². The van der Waals surface area contributed by atoms with Crippen molar-refractivity contribution in [1.29, 1.82) is 0 Å². The Balaban J connectivity index is 4.16. The molecular formula is C6H11F3NO+. The van der Waals surface area contributed by atoms with Gasteiger partial charge in [-0.15, -0.1) is 13.2 Å². The number of alkyl halides is 3. The van der Waals surface area contributed by atoms with Gasteiger partial charge in [-0.25, -0.2) is 0 Å². The highest BCUT2D eigenvalue weighted by molar-refractivity contribution is 5.50. The standard InChI is InChI=1S/C6H11F3NO/c1-3-4-5-10(11-2)6(7,8)9/h5H,3-4H2,1-2H3/q+1. The van der Waals surface area contributed by atoms with Gasteiger partial charge in [0.15, 0.2) is 0 Å². The fourth-order valence-corrected chi connectivity index (χ4v) is 0.528. The number of rotatable bonds is 3. The predicted molar refractivity (Wildman–Crippen MR) is 34.3 cm³/mol. The average molecular weight is 170 g/mol. The highest BCUT2D eigenvalue weighted by Crippen LogP contribution is 2.15. The van der Waals surface area contributed by atoms with E-state index in [0.29, 0.717) is 12.8 Å². The summed E-state index contributed by atoms with van der Waals surface area (Å²) in [4.78, 5) is 4.07. The Kier molecular flexibility index (Phi) is 3.92. The molecule has 0 bridgehead atoms. The second kappa shape index (κ2) is 4.20. The van der Waals surface area contributed by atoms with Crippen molar-refractivity contribution in [2.24, 2.45) is 0 Å². The maximum absolute atomic E-state index is 11.8. The van der Waals surface area contributed by atoms with Crippen LogP contribution in [0.25, 0.3) is 0 Å². The fourth-order valence-electron chi connectivity index (χ4n) is 0.528. The largest absolute Gasteiger partial charge is 0.678 e. The molecule has 0 N–H and O–H groups in total. The van der Waals surface area contributed by atoms with Crippen molar-refractivity contribution in [1.82, 2.24) is 0 Å². The van der Waals surface area contributed by atoms with Gasteiger partial charge < -0.3 is 0 Å². The van der Waals surface area contributed by atoms with Crippen molar-refractivity contribution in [2.45, 2.75) is 26.1 Å². The van der Waals surface area contributed by atoms with Gasteiger partial charge in [0, 0.05) is 6.42 Å². The summed E-state index contributed by atoms with van der Waals surface area (Å²) >= 11 is 0. The summed E-state index contributed by atoms with van der Waals surface area (Å²) in [6, 6.07) is 0. The molecule has 0 saturated heterocycles. The molecule has 5 heteroatoms. The van der Waals surface area contributed by atoms with Crippen LogP contribution >= 0.6 is 0 Å². The van der Waals surface area contributed by atoms with Crippen LogP contribution in [0, 0.1) is 0 Å². The first-order valence-electron chi connectivity index (χ1n) is 3.25. The second-order valence-electron chi connectivity index (χ2n) is 1.95. The van der Waals surface area contributed by atoms with Crippen molar-refractivity contribution in [3.05, 3.63) is 0 Å². The Morgan fingerprint density at radius 3 is 2.27 bits per heavy atom. The summed E-state index contributed by atoms with van der Waals surface area (Å²) in [7, 11) is 0.986. The first-order chi connectivity index (χ1) is 5.02. The van der Waals surface area contributed by atoms with Gasteiger partial charge in [0.25, 0.3) is 0 Å². The Morgan fingerprint density at radius 2 is 2.00 bits per heavy atom. The minimum Gasteiger partial charge on any atom is -0.272 e. The quantitative estimate of drug-likeness (QED) is 0.273. The fraction of sp³-hybridized carbons (Fsp3) is 0.833. The maximum Gasteiger partial charge on any atom is 0.678 e. The molecule has 0 aromatic carbocycles. The van der Waals surface area contributed by atoms with Crippen molar-refractivity contribution >= 4 is 6.21 Å². The molecule has 0 saturated carbocycles. The summed E-state index contributed by atoms with van der Waals surface area (Å²) < 4.78 is 35.3. The molecule has 0 aliphatic heterocycles. The van der Waals surface area contributed by atoms with Crippen molar-refractivity contribution in [3.8, 4) is 0 Å². The van der Waals surface area contributed by atoms with E-state index in [1.54, 1.807) is 6.92 Å². The zero-order valence-corrected chi connectivity index (χ0v) is 6.48. The van der Waals surface area contributed by atoms with Gasteiger partial charge in [0.05, 0.1) is 4.74 Å². The highest BCUT2D eigenvalue weighted by atomic mass is 19.4. The van der Waals surface area contributed by atoms with Gasteiger partial charge in [-0.1, -0.05) is 6.92 Å². The lowest BCUT2D eigenvalue weighted by Gasteiger charge is -1.99. The van der Waals surface area contributed by atoms with E-state index < -0.39 is 6.30 Å². The van der Waals surface area contributed by atoms with Crippen LogP contribution in [0.2, 0.25) is 0 Å². The Morgan fingerprint density at radius 1 is 1.45 bits per heavy atom. The summed E-state index contributed by atoms with van der Waals surface area (Å²) in [6.45, 7) is 1.79. The van der Waals surface area contributed by atoms with Gasteiger partial charge in [-0.2, -0.15) is 0 Å². The van der Waals surface area contributed by atoms with E-state index in [-0.39, 0.29) is 4.74 Å². The van der Waals surface area contributed by atoms with E-state index in [1.807, 2.05) is 0 Å². The van der Waals surface area contributed by atoms with E-state index in [4.69, 9.17) is 0 Å². The van der Waals surface area contributed by atoms with Gasteiger partial charge in [0.2, 0.25) is 6.21 Å². The Labute approximate surface area is 63.2 Å².